The minimum Gasteiger partial charge on any atom is -0.477 e. The topological polar surface area (TPSA) is 75.7 Å². The van der Waals surface area contributed by atoms with Gasteiger partial charge in [0, 0.05) is 27.7 Å². The highest BCUT2D eigenvalue weighted by atomic mass is 16.5. The molecule has 41 heavy (non-hydrogen) atoms. The number of ether oxygens (including phenoxy) is 1. The molecular formula is C35H34N4O2. The molecule has 1 amide bonds. The van der Waals surface area contributed by atoms with E-state index in [0.29, 0.717) is 29.7 Å². The molecule has 206 valence electrons. The number of benzene rings is 4. The van der Waals surface area contributed by atoms with Crippen LogP contribution in [0.5, 0.6) is 0 Å². The summed E-state index contributed by atoms with van der Waals surface area (Å²) >= 11 is 0. The average Bonchev–Trinajstić information content (AvgIpc) is 3.00. The standard InChI is InChI=1S/C35H34N4O2/c1-5-41-33(29-24-16-9-17-25-29)38-31(27-20-12-7-13-21-27)36-30(26-18-10-6-11-19-26)37-32(28-22-14-8-15-23-28)39-34(40)35(2,3)4/h6-25H,5H2,1-4H3. The maximum atomic E-state index is 13.1. The minimum atomic E-state index is -0.673. The number of hydrogen-bond donors (Lipinski definition) is 0. The Hall–Kier alpha value is -4.97. The van der Waals surface area contributed by atoms with Crippen LogP contribution in [-0.2, 0) is 9.53 Å². The smallest absolute Gasteiger partial charge is 0.253 e. The Morgan fingerprint density at radius 3 is 1.24 bits per heavy atom. The number of nitrogens with zero attached hydrogens (tertiary/aromatic N) is 4. The van der Waals surface area contributed by atoms with Crippen LogP contribution in [0, 0.1) is 5.41 Å². The maximum absolute atomic E-state index is 13.1. The molecule has 6 nitrogen and oxygen atoms in total. The van der Waals surface area contributed by atoms with Crippen LogP contribution >= 0.6 is 0 Å². The molecule has 0 aromatic heterocycles. The molecule has 0 bridgehead atoms. The zero-order chi connectivity index (χ0) is 29.1. The molecule has 0 spiro atoms. The molecule has 0 saturated carbocycles. The van der Waals surface area contributed by atoms with Gasteiger partial charge in [0.1, 0.15) is 0 Å². The van der Waals surface area contributed by atoms with E-state index in [1.165, 1.54) is 0 Å². The van der Waals surface area contributed by atoms with Crippen LogP contribution in [0.2, 0.25) is 0 Å². The Labute approximate surface area is 241 Å². The summed E-state index contributed by atoms with van der Waals surface area (Å²) in [5.41, 5.74) is 2.40. The Morgan fingerprint density at radius 1 is 0.537 bits per heavy atom. The molecule has 4 rings (SSSR count). The molecule has 6 heteroatoms. The summed E-state index contributed by atoms with van der Waals surface area (Å²) in [5, 5.41) is 0. The molecule has 4 aromatic carbocycles. The molecule has 0 fully saturated rings. The van der Waals surface area contributed by atoms with Crippen LogP contribution in [0.4, 0.5) is 0 Å². The first kappa shape index (κ1) is 29.0. The number of carbonyl (C=O) groups excluding carboxylic acids is 1. The summed E-state index contributed by atoms with van der Waals surface area (Å²) in [6.45, 7) is 7.87. The molecule has 0 aliphatic rings. The second kappa shape index (κ2) is 13.9. The lowest BCUT2D eigenvalue weighted by molar-refractivity contribution is -0.124. The van der Waals surface area contributed by atoms with Crippen LogP contribution in [0.3, 0.4) is 0 Å². The fourth-order valence-electron chi connectivity index (χ4n) is 3.68. The number of carbonyl (C=O) groups is 1. The van der Waals surface area contributed by atoms with E-state index >= 15 is 0 Å². The predicted octanol–water partition coefficient (Wildman–Crippen LogP) is 7.38. The molecule has 0 heterocycles. The van der Waals surface area contributed by atoms with Crippen molar-refractivity contribution in [3.8, 4) is 0 Å². The first-order valence-corrected chi connectivity index (χ1v) is 13.6. The van der Waals surface area contributed by atoms with Gasteiger partial charge in [-0.2, -0.15) is 9.98 Å². The van der Waals surface area contributed by atoms with E-state index in [1.807, 2.05) is 149 Å². The largest absolute Gasteiger partial charge is 0.477 e. The van der Waals surface area contributed by atoms with Crippen molar-refractivity contribution in [2.75, 3.05) is 6.61 Å². The Kier molecular flexibility index (Phi) is 9.84. The van der Waals surface area contributed by atoms with E-state index in [0.717, 1.165) is 16.7 Å². The fourth-order valence-corrected chi connectivity index (χ4v) is 3.68. The molecule has 4 aromatic rings. The highest BCUT2D eigenvalue weighted by Gasteiger charge is 2.22. The van der Waals surface area contributed by atoms with E-state index < -0.39 is 5.41 Å². The third-order valence-electron chi connectivity index (χ3n) is 5.88. The van der Waals surface area contributed by atoms with Crippen LogP contribution < -0.4 is 0 Å². The third kappa shape index (κ3) is 8.26. The van der Waals surface area contributed by atoms with Crippen molar-refractivity contribution >= 4 is 29.3 Å². The molecule has 0 saturated heterocycles. The van der Waals surface area contributed by atoms with E-state index in [4.69, 9.17) is 19.7 Å². The van der Waals surface area contributed by atoms with Gasteiger partial charge in [-0.05, 0) is 19.1 Å². The zero-order valence-electron chi connectivity index (χ0n) is 23.9. The second-order valence-corrected chi connectivity index (χ2v) is 10.2. The average molecular weight is 543 g/mol. The van der Waals surface area contributed by atoms with Gasteiger partial charge in [-0.1, -0.05) is 130 Å². The molecule has 0 atom stereocenters. The van der Waals surface area contributed by atoms with E-state index in [1.54, 1.807) is 0 Å². The van der Waals surface area contributed by atoms with Gasteiger partial charge in [-0.3, -0.25) is 4.79 Å². The van der Waals surface area contributed by atoms with Gasteiger partial charge in [-0.15, -0.1) is 0 Å². The number of hydrogen-bond acceptors (Lipinski definition) is 2. The SMILES string of the molecule is CCOC(=NC(=NC(=NC(=NC(=O)C(C)(C)C)c1ccccc1)c1ccccc1)c1ccccc1)c1ccccc1. The van der Waals surface area contributed by atoms with E-state index in [2.05, 4.69) is 4.99 Å². The van der Waals surface area contributed by atoms with Crippen molar-refractivity contribution in [2.45, 2.75) is 27.7 Å². The zero-order valence-corrected chi connectivity index (χ0v) is 23.9. The molecule has 0 aliphatic carbocycles. The summed E-state index contributed by atoms with van der Waals surface area (Å²) in [6, 6.07) is 38.5. The lowest BCUT2D eigenvalue weighted by Crippen LogP contribution is -2.20. The van der Waals surface area contributed by atoms with Gasteiger partial charge in [-0.25, -0.2) is 9.98 Å². The first-order chi connectivity index (χ1) is 19.8. The predicted molar refractivity (Wildman–Crippen MR) is 168 cm³/mol. The Morgan fingerprint density at radius 2 is 0.878 bits per heavy atom. The van der Waals surface area contributed by atoms with Gasteiger partial charge < -0.3 is 4.74 Å². The quantitative estimate of drug-likeness (QED) is 0.195. The Balaban J connectivity index is 1.98. The maximum Gasteiger partial charge on any atom is 0.253 e. The summed E-state index contributed by atoms with van der Waals surface area (Å²) in [5.74, 6) is 1.22. The number of amidine groups is 3. The van der Waals surface area contributed by atoms with E-state index in [9.17, 15) is 4.79 Å². The van der Waals surface area contributed by atoms with Crippen LogP contribution in [0.25, 0.3) is 0 Å². The highest BCUT2D eigenvalue weighted by Crippen LogP contribution is 2.18. The van der Waals surface area contributed by atoms with Crippen molar-refractivity contribution in [1.29, 1.82) is 0 Å². The lowest BCUT2D eigenvalue weighted by Gasteiger charge is -2.14. The first-order valence-electron chi connectivity index (χ1n) is 13.6. The van der Waals surface area contributed by atoms with Crippen molar-refractivity contribution in [3.05, 3.63) is 144 Å². The van der Waals surface area contributed by atoms with Crippen molar-refractivity contribution < 1.29 is 9.53 Å². The van der Waals surface area contributed by atoms with Crippen molar-refractivity contribution in [2.24, 2.45) is 25.4 Å². The summed E-state index contributed by atoms with van der Waals surface area (Å²) in [4.78, 5) is 32.3. The molecule has 0 aliphatic heterocycles. The van der Waals surface area contributed by atoms with Gasteiger partial charge in [0.25, 0.3) is 5.91 Å². The summed E-state index contributed by atoms with van der Waals surface area (Å²) in [6.07, 6.45) is 0. The molecular weight excluding hydrogens is 508 g/mol. The van der Waals surface area contributed by atoms with Crippen molar-refractivity contribution in [1.82, 2.24) is 0 Å². The molecule has 0 N–H and O–H groups in total. The van der Waals surface area contributed by atoms with Gasteiger partial charge in [0.15, 0.2) is 17.5 Å². The van der Waals surface area contributed by atoms with Gasteiger partial charge >= 0.3 is 0 Å². The highest BCUT2D eigenvalue weighted by molar-refractivity contribution is 6.20. The van der Waals surface area contributed by atoms with Crippen LogP contribution in [0.1, 0.15) is 49.9 Å². The summed E-state index contributed by atoms with van der Waals surface area (Å²) in [7, 11) is 0. The number of aliphatic imine (C=N–C) groups is 4. The van der Waals surface area contributed by atoms with Crippen LogP contribution in [0.15, 0.2) is 141 Å². The van der Waals surface area contributed by atoms with Gasteiger partial charge in [0.05, 0.1) is 6.61 Å². The lowest BCUT2D eigenvalue weighted by atomic mass is 9.96. The second-order valence-electron chi connectivity index (χ2n) is 10.2. The van der Waals surface area contributed by atoms with E-state index in [-0.39, 0.29) is 11.7 Å². The third-order valence-corrected chi connectivity index (χ3v) is 5.88. The molecule has 0 radical (unpaired) electrons. The number of amides is 1. The fraction of sp³-hybridized carbons (Fsp3) is 0.171. The number of rotatable bonds is 5. The normalized spacial score (nSPS) is 13.2. The molecule has 0 unspecified atom stereocenters. The monoisotopic (exact) mass is 542 g/mol. The Bertz CT molecular complexity index is 1550. The van der Waals surface area contributed by atoms with Crippen molar-refractivity contribution in [3.63, 3.8) is 0 Å². The van der Waals surface area contributed by atoms with Gasteiger partial charge in [0.2, 0.25) is 5.90 Å². The summed E-state index contributed by atoms with van der Waals surface area (Å²) < 4.78 is 5.97. The van der Waals surface area contributed by atoms with Crippen LogP contribution in [-0.4, -0.2) is 35.9 Å². The minimum absolute atomic E-state index is 0.276.